The van der Waals surface area contributed by atoms with Crippen molar-refractivity contribution in [2.75, 3.05) is 5.75 Å². The predicted molar refractivity (Wildman–Crippen MR) is 277 cm³/mol. The Balaban J connectivity index is 0.000000281. The van der Waals surface area contributed by atoms with E-state index in [4.69, 9.17) is 0 Å². The summed E-state index contributed by atoms with van der Waals surface area (Å²) in [6.45, 7) is 45.9. The van der Waals surface area contributed by atoms with Crippen molar-refractivity contribution in [3.63, 3.8) is 0 Å². The molecule has 7 rings (SSSR count). The highest BCUT2D eigenvalue weighted by Crippen LogP contribution is 2.54. The average Bonchev–Trinajstić information content (AvgIpc) is 3.07. The average molecular weight is 879 g/mol. The third kappa shape index (κ3) is 19.6. The molecule has 3 aromatic rings. The Morgan fingerprint density at radius 1 is 0.476 bits per heavy atom. The highest BCUT2D eigenvalue weighted by Gasteiger charge is 2.43. The standard InChI is InChI=1S/C17H22.C14H16O.C13H16O2S.3C5H12/c1-16(2,3)14-11-13-7-4-5-8-15(13)17(12-14)9-6-10-17;1-14(2,3)11-8-10-6-4-5-7-12(10)13(15)9-11;1-13(2,3)11-8-10-6-4-5-7-12(10)16(14,15)9-11;3*1-5(2,3)4/h4-5,7-8,11H,6,9-10,12H2,1-3H3;4-7,9H,8H2,1-3H3;4-8H,9H2,1-3H3;3*1-4H3. The van der Waals surface area contributed by atoms with Crippen LogP contribution in [0.15, 0.2) is 100 Å². The van der Waals surface area contributed by atoms with Gasteiger partial charge in [-0.15, -0.1) is 0 Å². The molecule has 0 atom stereocenters. The van der Waals surface area contributed by atoms with Crippen molar-refractivity contribution < 1.29 is 13.2 Å². The molecule has 1 heterocycles. The van der Waals surface area contributed by atoms with E-state index in [1.807, 2.05) is 69.3 Å². The molecule has 4 heteroatoms. The van der Waals surface area contributed by atoms with Gasteiger partial charge in [-0.05, 0) is 104 Å². The number of rotatable bonds is 0. The Morgan fingerprint density at radius 2 is 0.889 bits per heavy atom. The molecule has 0 radical (unpaired) electrons. The predicted octanol–water partition coefficient (Wildman–Crippen LogP) is 17.4. The summed E-state index contributed by atoms with van der Waals surface area (Å²) in [5, 5.41) is 0. The summed E-state index contributed by atoms with van der Waals surface area (Å²) in [6.07, 6.45) is 12.6. The van der Waals surface area contributed by atoms with Crippen LogP contribution < -0.4 is 0 Å². The van der Waals surface area contributed by atoms with Crippen molar-refractivity contribution in [2.45, 2.75) is 188 Å². The molecule has 0 aromatic heterocycles. The fourth-order valence-electron chi connectivity index (χ4n) is 7.05. The van der Waals surface area contributed by atoms with E-state index in [0.717, 1.165) is 28.7 Å². The molecule has 3 nitrogen and oxygen atoms in total. The Labute approximate surface area is 388 Å². The number of carbonyl (C=O) groups excluding carboxylic acids is 1. The summed E-state index contributed by atoms with van der Waals surface area (Å²) in [4.78, 5) is 12.3. The van der Waals surface area contributed by atoms with Crippen molar-refractivity contribution in [3.8, 4) is 0 Å². The molecule has 1 aliphatic heterocycles. The first-order chi connectivity index (χ1) is 28.3. The Morgan fingerprint density at radius 3 is 1.35 bits per heavy atom. The Kier molecular flexibility index (Phi) is 18.7. The molecule has 0 unspecified atom stereocenters. The summed E-state index contributed by atoms with van der Waals surface area (Å²) in [5.41, 5.74) is 12.1. The van der Waals surface area contributed by atoms with E-state index in [1.165, 1.54) is 36.8 Å². The second kappa shape index (κ2) is 21.2. The maximum absolute atomic E-state index is 12.1. The maximum atomic E-state index is 12.1. The van der Waals surface area contributed by atoms with Gasteiger partial charge in [0.05, 0.1) is 10.6 Å². The summed E-state index contributed by atoms with van der Waals surface area (Å²) in [6, 6.07) is 24.1. The molecule has 1 spiro atoms. The number of ketones is 1. The fourth-order valence-corrected chi connectivity index (χ4v) is 8.91. The van der Waals surface area contributed by atoms with Crippen molar-refractivity contribution in [3.05, 3.63) is 123 Å². The lowest BCUT2D eigenvalue weighted by Gasteiger charge is -2.48. The van der Waals surface area contributed by atoms with Gasteiger partial charge in [-0.2, -0.15) is 0 Å². The summed E-state index contributed by atoms with van der Waals surface area (Å²) in [5.74, 6) is 0.301. The minimum atomic E-state index is -3.14. The molecule has 63 heavy (non-hydrogen) atoms. The minimum absolute atomic E-state index is 0.0865. The van der Waals surface area contributed by atoms with Gasteiger partial charge in [-0.1, -0.05) is 242 Å². The minimum Gasteiger partial charge on any atom is -0.289 e. The van der Waals surface area contributed by atoms with Crippen LogP contribution in [0.4, 0.5) is 0 Å². The van der Waals surface area contributed by atoms with Gasteiger partial charge in [0.1, 0.15) is 0 Å². The van der Waals surface area contributed by atoms with Gasteiger partial charge in [0, 0.05) is 5.56 Å². The Hall–Kier alpha value is -3.50. The van der Waals surface area contributed by atoms with Gasteiger partial charge in [-0.25, -0.2) is 8.42 Å². The molecule has 1 fully saturated rings. The van der Waals surface area contributed by atoms with E-state index < -0.39 is 9.84 Å². The monoisotopic (exact) mass is 879 g/mol. The molecule has 0 bridgehead atoms. The maximum Gasteiger partial charge on any atom is 0.186 e. The van der Waals surface area contributed by atoms with Crippen molar-refractivity contribution in [1.82, 2.24) is 0 Å². The van der Waals surface area contributed by atoms with Gasteiger partial charge < -0.3 is 0 Å². The molecule has 3 aliphatic carbocycles. The zero-order valence-corrected chi connectivity index (χ0v) is 44.9. The summed E-state index contributed by atoms with van der Waals surface area (Å²) >= 11 is 0. The molecular weight excluding hydrogens is 789 g/mol. The molecule has 1 saturated carbocycles. The van der Waals surface area contributed by atoms with E-state index in [9.17, 15) is 13.2 Å². The van der Waals surface area contributed by atoms with Crippen LogP contribution in [0.3, 0.4) is 0 Å². The van der Waals surface area contributed by atoms with E-state index >= 15 is 0 Å². The smallest absolute Gasteiger partial charge is 0.186 e. The zero-order valence-electron chi connectivity index (χ0n) is 44.0. The molecule has 0 saturated heterocycles. The third-order valence-electron chi connectivity index (χ3n) is 10.5. The molecule has 3 aromatic carbocycles. The number of fused-ring (bicyclic) bond motifs is 4. The first-order valence-corrected chi connectivity index (χ1v) is 25.1. The number of hydrogen-bond acceptors (Lipinski definition) is 3. The second-order valence-electron chi connectivity index (χ2n) is 26.2. The lowest BCUT2D eigenvalue weighted by molar-refractivity contribution is 0.104. The van der Waals surface area contributed by atoms with Crippen LogP contribution in [0.1, 0.15) is 204 Å². The van der Waals surface area contributed by atoms with Crippen LogP contribution in [-0.4, -0.2) is 20.0 Å². The van der Waals surface area contributed by atoms with Crippen LogP contribution >= 0.6 is 0 Å². The molecule has 350 valence electrons. The summed E-state index contributed by atoms with van der Waals surface area (Å²) in [7, 11) is -3.14. The number of sulfone groups is 1. The van der Waals surface area contributed by atoms with E-state index in [0.29, 0.717) is 32.0 Å². The third-order valence-corrected chi connectivity index (χ3v) is 12.2. The second-order valence-corrected chi connectivity index (χ2v) is 28.1. The largest absolute Gasteiger partial charge is 0.289 e. The molecule has 0 N–H and O–H groups in total. The van der Waals surface area contributed by atoms with Gasteiger partial charge in [0.15, 0.2) is 15.6 Å². The van der Waals surface area contributed by atoms with Crippen LogP contribution in [0.5, 0.6) is 0 Å². The first kappa shape index (κ1) is 55.6. The molecular formula is C59H90O3S. The van der Waals surface area contributed by atoms with Crippen molar-refractivity contribution >= 4 is 27.8 Å². The molecule has 0 amide bonds. The van der Waals surface area contributed by atoms with Gasteiger partial charge in [0.2, 0.25) is 0 Å². The number of allylic oxidation sites excluding steroid dienone is 3. The number of benzene rings is 3. The van der Waals surface area contributed by atoms with Crippen LogP contribution in [0, 0.1) is 32.5 Å². The first-order valence-electron chi connectivity index (χ1n) is 23.5. The van der Waals surface area contributed by atoms with Crippen LogP contribution in [0.2, 0.25) is 0 Å². The fraction of sp³-hybridized carbons (Fsp3) is 0.576. The normalized spacial score (nSPS) is 17.3. The lowest BCUT2D eigenvalue weighted by atomic mass is 9.56. The zero-order chi connectivity index (χ0) is 48.6. The van der Waals surface area contributed by atoms with Gasteiger partial charge in [-0.3, -0.25) is 4.79 Å². The van der Waals surface area contributed by atoms with E-state index in [-0.39, 0.29) is 22.4 Å². The van der Waals surface area contributed by atoms with Crippen LogP contribution in [0.25, 0.3) is 12.2 Å². The topological polar surface area (TPSA) is 51.2 Å². The summed E-state index contributed by atoms with van der Waals surface area (Å²) < 4.78 is 24.2. The SMILES string of the molecule is CC(C)(C)C.CC(C)(C)C.CC(C)(C)C.CC(C)(C)C1=CC(=O)c2ccccc2C1.CC(C)(C)C1=Cc2ccccc2C2(CCC2)C1.CC(C)(C)C1=Cc2ccccc2S(=O)(=O)C1. The molecule has 4 aliphatic rings. The Bertz CT molecular complexity index is 2130. The van der Waals surface area contributed by atoms with E-state index in [1.54, 1.807) is 23.3 Å². The van der Waals surface area contributed by atoms with Gasteiger partial charge in [0.25, 0.3) is 0 Å². The van der Waals surface area contributed by atoms with Gasteiger partial charge >= 0.3 is 0 Å². The highest BCUT2D eigenvalue weighted by atomic mass is 32.2. The number of hydrogen-bond donors (Lipinski definition) is 0. The highest BCUT2D eigenvalue weighted by molar-refractivity contribution is 7.91. The van der Waals surface area contributed by atoms with E-state index in [2.05, 4.69) is 155 Å². The number of carbonyl (C=O) groups is 1. The van der Waals surface area contributed by atoms with Crippen LogP contribution in [-0.2, 0) is 21.7 Å². The quantitative estimate of drug-likeness (QED) is 0.226. The van der Waals surface area contributed by atoms with Crippen molar-refractivity contribution in [1.29, 1.82) is 0 Å². The lowest BCUT2D eigenvalue weighted by Crippen LogP contribution is -2.38. The van der Waals surface area contributed by atoms with Crippen molar-refractivity contribution in [2.24, 2.45) is 32.5 Å².